The van der Waals surface area contributed by atoms with Gasteiger partial charge >= 0.3 is 0 Å². The smallest absolute Gasteiger partial charge is 0.255 e. The van der Waals surface area contributed by atoms with Crippen molar-refractivity contribution in [3.05, 3.63) is 29.8 Å². The average molecular weight is 331 g/mol. The van der Waals surface area contributed by atoms with Crippen LogP contribution in [0.5, 0.6) is 5.75 Å². The molecule has 1 aromatic rings. The highest BCUT2D eigenvalue weighted by atomic mass is 16.5. The monoisotopic (exact) mass is 331 g/mol. The van der Waals surface area contributed by atoms with E-state index in [9.17, 15) is 9.59 Å². The van der Waals surface area contributed by atoms with Crippen molar-refractivity contribution in [1.82, 2.24) is 15.1 Å². The van der Waals surface area contributed by atoms with E-state index < -0.39 is 0 Å². The molecule has 1 unspecified atom stereocenters. The van der Waals surface area contributed by atoms with Crippen LogP contribution < -0.4 is 10.1 Å². The number of para-hydroxylation sites is 1. The van der Waals surface area contributed by atoms with Crippen molar-refractivity contribution in [2.75, 3.05) is 39.8 Å². The molecule has 0 radical (unpaired) electrons. The van der Waals surface area contributed by atoms with Crippen LogP contribution in [-0.4, -0.2) is 67.5 Å². The second-order valence-corrected chi connectivity index (χ2v) is 6.33. The van der Waals surface area contributed by atoms with Gasteiger partial charge in [0.2, 0.25) is 5.91 Å². The number of ether oxygens (including phenoxy) is 1. The van der Waals surface area contributed by atoms with Crippen LogP contribution in [0.25, 0.3) is 0 Å². The van der Waals surface area contributed by atoms with E-state index in [0.717, 1.165) is 26.1 Å². The van der Waals surface area contributed by atoms with E-state index in [0.29, 0.717) is 24.4 Å². The van der Waals surface area contributed by atoms with Gasteiger partial charge in [-0.1, -0.05) is 12.1 Å². The Balaban J connectivity index is 1.48. The molecule has 3 rings (SSSR count). The lowest BCUT2D eigenvalue weighted by atomic mass is 10.2. The molecule has 0 spiro atoms. The number of amides is 2. The third kappa shape index (κ3) is 3.53. The summed E-state index contributed by atoms with van der Waals surface area (Å²) in [6, 6.07) is 7.19. The Morgan fingerprint density at radius 3 is 2.75 bits per heavy atom. The summed E-state index contributed by atoms with van der Waals surface area (Å²) < 4.78 is 5.20. The molecule has 2 aliphatic heterocycles. The Kier molecular flexibility index (Phi) is 5.35. The molecule has 24 heavy (non-hydrogen) atoms. The summed E-state index contributed by atoms with van der Waals surface area (Å²) in [7, 11) is 1.55. The fourth-order valence-electron chi connectivity index (χ4n) is 3.57. The lowest BCUT2D eigenvalue weighted by molar-refractivity contribution is -0.131. The molecule has 0 aliphatic carbocycles. The molecule has 6 nitrogen and oxygen atoms in total. The molecule has 1 aromatic carbocycles. The molecule has 2 fully saturated rings. The third-order valence-electron chi connectivity index (χ3n) is 4.87. The first kappa shape index (κ1) is 16.8. The largest absolute Gasteiger partial charge is 0.496 e. The first-order valence-electron chi connectivity index (χ1n) is 8.65. The molecule has 2 amide bonds. The van der Waals surface area contributed by atoms with Gasteiger partial charge in [-0.3, -0.25) is 14.5 Å². The van der Waals surface area contributed by atoms with Gasteiger partial charge < -0.3 is 15.0 Å². The number of hydrogen-bond donors (Lipinski definition) is 1. The molecule has 0 saturated carbocycles. The number of hydrogen-bond acceptors (Lipinski definition) is 4. The highest BCUT2D eigenvalue weighted by molar-refractivity contribution is 5.96. The molecule has 1 N–H and O–H groups in total. The van der Waals surface area contributed by atoms with Crippen molar-refractivity contribution in [2.45, 2.75) is 25.3 Å². The molecule has 2 saturated heterocycles. The number of rotatable bonds is 6. The third-order valence-corrected chi connectivity index (χ3v) is 4.87. The number of benzene rings is 1. The minimum atomic E-state index is -0.171. The summed E-state index contributed by atoms with van der Waals surface area (Å²) in [5, 5.41) is 2.88. The highest BCUT2D eigenvalue weighted by Crippen LogP contribution is 2.21. The van der Waals surface area contributed by atoms with Crippen molar-refractivity contribution >= 4 is 11.8 Å². The summed E-state index contributed by atoms with van der Waals surface area (Å²) in [6.07, 6.45) is 3.29. The van der Waals surface area contributed by atoms with Gasteiger partial charge in [0, 0.05) is 19.6 Å². The summed E-state index contributed by atoms with van der Waals surface area (Å²) in [6.45, 7) is 3.87. The molecule has 1 atom stereocenters. The van der Waals surface area contributed by atoms with Crippen LogP contribution in [0.4, 0.5) is 0 Å². The Labute approximate surface area is 142 Å². The molecule has 6 heteroatoms. The average Bonchev–Trinajstić information content (AvgIpc) is 3.25. The molecular formula is C18H25N3O3. The Bertz CT molecular complexity index is 599. The van der Waals surface area contributed by atoms with Crippen molar-refractivity contribution in [2.24, 2.45) is 0 Å². The van der Waals surface area contributed by atoms with Gasteiger partial charge in [-0.2, -0.15) is 0 Å². The van der Waals surface area contributed by atoms with Crippen LogP contribution in [0.15, 0.2) is 24.3 Å². The summed E-state index contributed by atoms with van der Waals surface area (Å²) in [4.78, 5) is 28.9. The zero-order valence-electron chi connectivity index (χ0n) is 14.2. The zero-order valence-corrected chi connectivity index (χ0v) is 14.2. The van der Waals surface area contributed by atoms with Gasteiger partial charge in [0.15, 0.2) is 0 Å². The number of nitrogens with one attached hydrogen (secondary N) is 1. The Morgan fingerprint density at radius 2 is 2.00 bits per heavy atom. The van der Waals surface area contributed by atoms with Gasteiger partial charge in [0.1, 0.15) is 5.75 Å². The van der Waals surface area contributed by atoms with E-state index in [1.807, 2.05) is 17.0 Å². The van der Waals surface area contributed by atoms with E-state index in [1.54, 1.807) is 19.2 Å². The molecular weight excluding hydrogens is 306 g/mol. The van der Waals surface area contributed by atoms with E-state index >= 15 is 0 Å². The second kappa shape index (κ2) is 7.66. The number of nitrogens with zero attached hydrogens (tertiary/aromatic N) is 2. The lowest BCUT2D eigenvalue weighted by Gasteiger charge is -2.22. The minimum absolute atomic E-state index is 0.0532. The van der Waals surface area contributed by atoms with Gasteiger partial charge in [-0.15, -0.1) is 0 Å². The van der Waals surface area contributed by atoms with Crippen LogP contribution in [0.2, 0.25) is 0 Å². The van der Waals surface area contributed by atoms with Crippen LogP contribution in [0.1, 0.15) is 29.6 Å². The maximum Gasteiger partial charge on any atom is 0.255 e. The molecule has 0 bridgehead atoms. The first-order chi connectivity index (χ1) is 11.7. The lowest BCUT2D eigenvalue weighted by Crippen LogP contribution is -2.42. The maximum absolute atomic E-state index is 12.5. The fourth-order valence-corrected chi connectivity index (χ4v) is 3.57. The van der Waals surface area contributed by atoms with Crippen molar-refractivity contribution in [3.8, 4) is 5.75 Å². The summed E-state index contributed by atoms with van der Waals surface area (Å²) >= 11 is 0. The number of carbonyl (C=O) groups excluding carboxylic acids is 2. The first-order valence-corrected chi connectivity index (χ1v) is 8.65. The topological polar surface area (TPSA) is 61.9 Å². The van der Waals surface area contributed by atoms with Crippen LogP contribution in [-0.2, 0) is 4.79 Å². The van der Waals surface area contributed by atoms with E-state index in [1.165, 1.54) is 12.8 Å². The summed E-state index contributed by atoms with van der Waals surface area (Å²) in [5.41, 5.74) is 0.516. The maximum atomic E-state index is 12.5. The summed E-state index contributed by atoms with van der Waals surface area (Å²) in [5.74, 6) is 0.597. The predicted octanol–water partition coefficient (Wildman–Crippen LogP) is 1.12. The Hall–Kier alpha value is -2.08. The van der Waals surface area contributed by atoms with E-state index in [-0.39, 0.29) is 17.9 Å². The zero-order chi connectivity index (χ0) is 16.9. The fraction of sp³-hybridized carbons (Fsp3) is 0.556. The molecule has 2 aliphatic rings. The van der Waals surface area contributed by atoms with E-state index in [4.69, 9.17) is 4.74 Å². The van der Waals surface area contributed by atoms with Gasteiger partial charge in [0.05, 0.1) is 18.7 Å². The van der Waals surface area contributed by atoms with Crippen LogP contribution in [0.3, 0.4) is 0 Å². The quantitative estimate of drug-likeness (QED) is 0.849. The van der Waals surface area contributed by atoms with Gasteiger partial charge in [-0.25, -0.2) is 0 Å². The van der Waals surface area contributed by atoms with E-state index in [2.05, 4.69) is 10.2 Å². The van der Waals surface area contributed by atoms with Crippen molar-refractivity contribution in [1.29, 1.82) is 0 Å². The number of likely N-dealkylation sites (tertiary alicyclic amines) is 2. The minimum Gasteiger partial charge on any atom is -0.496 e. The van der Waals surface area contributed by atoms with Crippen molar-refractivity contribution < 1.29 is 14.3 Å². The highest BCUT2D eigenvalue weighted by Gasteiger charge is 2.36. The second-order valence-electron chi connectivity index (χ2n) is 6.33. The molecule has 0 aromatic heterocycles. The van der Waals surface area contributed by atoms with Gasteiger partial charge in [-0.05, 0) is 44.5 Å². The number of methoxy groups -OCH3 is 1. The number of carbonyl (C=O) groups is 2. The predicted molar refractivity (Wildman–Crippen MR) is 91.1 cm³/mol. The molecule has 130 valence electrons. The van der Waals surface area contributed by atoms with Crippen LogP contribution >= 0.6 is 0 Å². The normalized spacial score (nSPS) is 21.3. The molecule has 2 heterocycles. The SMILES string of the molecule is COc1ccccc1C(=O)NCCN1CCC(N2CCCC2)C1=O. The van der Waals surface area contributed by atoms with Crippen molar-refractivity contribution in [3.63, 3.8) is 0 Å². The van der Waals surface area contributed by atoms with Crippen LogP contribution in [0, 0.1) is 0 Å². The van der Waals surface area contributed by atoms with Gasteiger partial charge in [0.25, 0.3) is 5.91 Å². The Morgan fingerprint density at radius 1 is 1.25 bits per heavy atom. The standard InChI is InChI=1S/C18H25N3O3/c1-24-16-7-3-2-6-14(16)17(22)19-9-13-21-12-8-15(18(21)23)20-10-4-5-11-20/h2-3,6-7,15H,4-5,8-13H2,1H3,(H,19,22).